The molecule has 0 spiro atoms. The predicted molar refractivity (Wildman–Crippen MR) is 56.4 cm³/mol. The lowest BCUT2D eigenvalue weighted by Gasteiger charge is -2.35. The third-order valence-corrected chi connectivity index (χ3v) is 3.09. The Balaban J connectivity index is 2.48. The van der Waals surface area contributed by atoms with Gasteiger partial charge in [-0.2, -0.15) is 0 Å². The summed E-state index contributed by atoms with van der Waals surface area (Å²) in [4.78, 5) is 13.7. The number of amides is 1. The minimum absolute atomic E-state index is 0.0347. The molecule has 0 aliphatic carbocycles. The average Bonchev–Trinajstić information content (AvgIpc) is 2.21. The number of nitrogens with two attached hydrogens (primary N) is 1. The van der Waals surface area contributed by atoms with Gasteiger partial charge in [0.1, 0.15) is 0 Å². The second-order valence-corrected chi connectivity index (χ2v) is 4.15. The molecule has 1 heterocycles. The minimum Gasteiger partial charge on any atom is -0.293 e. The second-order valence-electron chi connectivity index (χ2n) is 4.15. The molecule has 1 aliphatic rings. The zero-order valence-electron chi connectivity index (χ0n) is 9.12. The van der Waals surface area contributed by atoms with Gasteiger partial charge >= 0.3 is 0 Å². The Morgan fingerprint density at radius 1 is 1.57 bits per heavy atom. The molecule has 82 valence electrons. The Labute approximate surface area is 85.8 Å². The van der Waals surface area contributed by atoms with Gasteiger partial charge in [-0.25, -0.2) is 5.84 Å². The SMILES string of the molecule is CC[C@@H](C(=O)NN)N1CCC(C)CC1. The number of hydrogen-bond donors (Lipinski definition) is 2. The molecular weight excluding hydrogens is 178 g/mol. The van der Waals surface area contributed by atoms with Crippen LogP contribution in [0.4, 0.5) is 0 Å². The van der Waals surface area contributed by atoms with Crippen molar-refractivity contribution < 1.29 is 4.79 Å². The molecule has 4 nitrogen and oxygen atoms in total. The number of rotatable bonds is 3. The number of likely N-dealkylation sites (tertiary alicyclic amines) is 1. The van der Waals surface area contributed by atoms with Gasteiger partial charge in [0.05, 0.1) is 6.04 Å². The van der Waals surface area contributed by atoms with Crippen LogP contribution in [-0.4, -0.2) is 29.9 Å². The summed E-state index contributed by atoms with van der Waals surface area (Å²) in [6, 6.07) is -0.0347. The van der Waals surface area contributed by atoms with Gasteiger partial charge in [0.25, 0.3) is 5.91 Å². The van der Waals surface area contributed by atoms with Gasteiger partial charge in [0.2, 0.25) is 0 Å². The number of hydrogen-bond acceptors (Lipinski definition) is 3. The maximum atomic E-state index is 11.4. The summed E-state index contributed by atoms with van der Waals surface area (Å²) >= 11 is 0. The lowest BCUT2D eigenvalue weighted by atomic mass is 9.97. The van der Waals surface area contributed by atoms with Crippen molar-refractivity contribution in [2.45, 2.75) is 39.2 Å². The van der Waals surface area contributed by atoms with Crippen molar-refractivity contribution in [2.75, 3.05) is 13.1 Å². The maximum Gasteiger partial charge on any atom is 0.251 e. The molecule has 1 saturated heterocycles. The summed E-state index contributed by atoms with van der Waals surface area (Å²) in [6.45, 7) is 6.33. The topological polar surface area (TPSA) is 58.4 Å². The van der Waals surface area contributed by atoms with E-state index in [-0.39, 0.29) is 11.9 Å². The van der Waals surface area contributed by atoms with Gasteiger partial charge in [-0.15, -0.1) is 0 Å². The van der Waals surface area contributed by atoms with Crippen LogP contribution in [0, 0.1) is 5.92 Å². The molecule has 0 aromatic rings. The van der Waals surface area contributed by atoms with Gasteiger partial charge in [-0.1, -0.05) is 13.8 Å². The summed E-state index contributed by atoms with van der Waals surface area (Å²) in [6.07, 6.45) is 3.21. The Morgan fingerprint density at radius 3 is 2.57 bits per heavy atom. The first kappa shape index (κ1) is 11.5. The van der Waals surface area contributed by atoms with Gasteiger partial charge < -0.3 is 0 Å². The van der Waals surface area contributed by atoms with Crippen molar-refractivity contribution >= 4 is 5.91 Å². The summed E-state index contributed by atoms with van der Waals surface area (Å²) in [5.41, 5.74) is 2.24. The minimum atomic E-state index is -0.0537. The smallest absolute Gasteiger partial charge is 0.251 e. The summed E-state index contributed by atoms with van der Waals surface area (Å²) in [5.74, 6) is 5.90. The van der Waals surface area contributed by atoms with Crippen LogP contribution in [0.2, 0.25) is 0 Å². The highest BCUT2D eigenvalue weighted by molar-refractivity contribution is 5.81. The fraction of sp³-hybridized carbons (Fsp3) is 0.900. The summed E-state index contributed by atoms with van der Waals surface area (Å²) < 4.78 is 0. The van der Waals surface area contributed by atoms with E-state index in [0.717, 1.165) is 25.4 Å². The predicted octanol–water partition coefficient (Wildman–Crippen LogP) is 0.487. The second kappa shape index (κ2) is 5.32. The fourth-order valence-electron chi connectivity index (χ4n) is 2.05. The van der Waals surface area contributed by atoms with Crippen LogP contribution in [-0.2, 0) is 4.79 Å². The highest BCUT2D eigenvalue weighted by Gasteiger charge is 2.26. The van der Waals surface area contributed by atoms with E-state index in [4.69, 9.17) is 5.84 Å². The van der Waals surface area contributed by atoms with Crippen molar-refractivity contribution in [1.29, 1.82) is 0 Å². The number of piperidine rings is 1. The van der Waals surface area contributed by atoms with Crippen LogP contribution in [0.1, 0.15) is 33.1 Å². The Morgan fingerprint density at radius 2 is 2.14 bits per heavy atom. The van der Waals surface area contributed by atoms with Crippen LogP contribution in [0.3, 0.4) is 0 Å². The molecule has 1 atom stereocenters. The van der Waals surface area contributed by atoms with Gasteiger partial charge in [-0.05, 0) is 38.3 Å². The Hall–Kier alpha value is -0.610. The Bertz CT molecular complexity index is 188. The van der Waals surface area contributed by atoms with Gasteiger partial charge in [0.15, 0.2) is 0 Å². The van der Waals surface area contributed by atoms with Crippen LogP contribution < -0.4 is 11.3 Å². The monoisotopic (exact) mass is 199 g/mol. The van der Waals surface area contributed by atoms with Crippen LogP contribution in [0.25, 0.3) is 0 Å². The number of nitrogens with one attached hydrogen (secondary N) is 1. The first-order valence-corrected chi connectivity index (χ1v) is 5.43. The number of carbonyl (C=O) groups excluding carboxylic acids is 1. The van der Waals surface area contributed by atoms with Crippen molar-refractivity contribution in [1.82, 2.24) is 10.3 Å². The normalized spacial score (nSPS) is 21.9. The largest absolute Gasteiger partial charge is 0.293 e. The lowest BCUT2D eigenvalue weighted by molar-refractivity contribution is -0.127. The van der Waals surface area contributed by atoms with Crippen molar-refractivity contribution in [3.8, 4) is 0 Å². The van der Waals surface area contributed by atoms with Crippen LogP contribution >= 0.6 is 0 Å². The standard InChI is InChI=1S/C10H21N3O/c1-3-9(10(14)12-11)13-6-4-8(2)5-7-13/h8-9H,3-7,11H2,1-2H3,(H,12,14)/t9-/m0/s1. The molecule has 1 fully saturated rings. The van der Waals surface area contributed by atoms with Crippen LogP contribution in [0.15, 0.2) is 0 Å². The van der Waals surface area contributed by atoms with E-state index in [1.54, 1.807) is 0 Å². The van der Waals surface area contributed by atoms with Gasteiger partial charge in [-0.3, -0.25) is 15.1 Å². The molecule has 0 saturated carbocycles. The van der Waals surface area contributed by atoms with Crippen molar-refractivity contribution in [3.63, 3.8) is 0 Å². The van der Waals surface area contributed by atoms with Crippen LogP contribution in [0.5, 0.6) is 0 Å². The number of nitrogens with zero attached hydrogens (tertiary/aromatic N) is 1. The van der Waals surface area contributed by atoms with E-state index in [2.05, 4.69) is 17.2 Å². The fourth-order valence-corrected chi connectivity index (χ4v) is 2.05. The highest BCUT2D eigenvalue weighted by atomic mass is 16.2. The first-order valence-electron chi connectivity index (χ1n) is 5.43. The zero-order chi connectivity index (χ0) is 10.6. The molecule has 1 aliphatic heterocycles. The van der Waals surface area contributed by atoms with E-state index in [1.165, 1.54) is 12.8 Å². The lowest BCUT2D eigenvalue weighted by Crippen LogP contribution is -2.51. The molecule has 14 heavy (non-hydrogen) atoms. The molecule has 0 aromatic carbocycles. The molecule has 0 radical (unpaired) electrons. The van der Waals surface area contributed by atoms with E-state index in [1.807, 2.05) is 6.92 Å². The third-order valence-electron chi connectivity index (χ3n) is 3.09. The molecule has 0 unspecified atom stereocenters. The summed E-state index contributed by atoms with van der Waals surface area (Å²) in [5, 5.41) is 0. The molecular formula is C10H21N3O. The van der Waals surface area contributed by atoms with Gasteiger partial charge in [0, 0.05) is 0 Å². The van der Waals surface area contributed by atoms with E-state index < -0.39 is 0 Å². The first-order chi connectivity index (χ1) is 6.69. The molecule has 0 bridgehead atoms. The maximum absolute atomic E-state index is 11.4. The highest BCUT2D eigenvalue weighted by Crippen LogP contribution is 2.19. The zero-order valence-corrected chi connectivity index (χ0v) is 9.12. The Kier molecular flexibility index (Phi) is 4.35. The molecule has 3 N–H and O–H groups in total. The summed E-state index contributed by atoms with van der Waals surface area (Å²) in [7, 11) is 0. The average molecular weight is 199 g/mol. The molecule has 1 rings (SSSR count). The van der Waals surface area contributed by atoms with E-state index in [0.29, 0.717) is 0 Å². The molecule has 4 heteroatoms. The van der Waals surface area contributed by atoms with E-state index >= 15 is 0 Å². The van der Waals surface area contributed by atoms with Crippen molar-refractivity contribution in [2.24, 2.45) is 11.8 Å². The van der Waals surface area contributed by atoms with E-state index in [9.17, 15) is 4.79 Å². The molecule has 0 aromatic heterocycles. The number of hydrazine groups is 1. The van der Waals surface area contributed by atoms with Crippen molar-refractivity contribution in [3.05, 3.63) is 0 Å². The molecule has 1 amide bonds. The number of carbonyl (C=O) groups is 1. The third kappa shape index (κ3) is 2.69. The quantitative estimate of drug-likeness (QED) is 0.395.